The van der Waals surface area contributed by atoms with E-state index in [-0.39, 0.29) is 29.1 Å². The monoisotopic (exact) mass is 419 g/mol. The summed E-state index contributed by atoms with van der Waals surface area (Å²) in [6.07, 6.45) is 0. The highest BCUT2D eigenvalue weighted by Gasteiger charge is 2.14. The molecule has 0 unspecified atom stereocenters. The summed E-state index contributed by atoms with van der Waals surface area (Å²) < 4.78 is 47.0. The Hall–Kier alpha value is -2.89. The number of thiophene rings is 1. The second-order valence-electron chi connectivity index (χ2n) is 5.65. The van der Waals surface area contributed by atoms with E-state index in [1.165, 1.54) is 22.7 Å². The lowest BCUT2D eigenvalue weighted by Gasteiger charge is -2.07. The number of halogens is 1. The van der Waals surface area contributed by atoms with Gasteiger partial charge in [0.25, 0.3) is 0 Å². The van der Waals surface area contributed by atoms with Crippen LogP contribution in [0.2, 0.25) is 0 Å². The van der Waals surface area contributed by atoms with Crippen molar-refractivity contribution in [2.75, 3.05) is 13.2 Å². The van der Waals surface area contributed by atoms with Crippen LogP contribution in [0, 0.1) is 5.82 Å². The Balaban J connectivity index is 1.45. The molecular weight excluding hydrogens is 405 g/mol. The molecule has 0 bridgehead atoms. The Morgan fingerprint density at radius 3 is 2.68 bits per heavy atom. The molecule has 0 saturated heterocycles. The van der Waals surface area contributed by atoms with E-state index >= 15 is 0 Å². The molecular formula is C17H14FN5O3S2. The number of fused-ring (bicyclic) bond motifs is 1. The summed E-state index contributed by atoms with van der Waals surface area (Å²) >= 11 is 1.14. The lowest BCUT2D eigenvalue weighted by Crippen LogP contribution is -2.27. The van der Waals surface area contributed by atoms with Crippen molar-refractivity contribution in [1.82, 2.24) is 24.5 Å². The van der Waals surface area contributed by atoms with E-state index in [0.29, 0.717) is 17.0 Å². The maximum atomic E-state index is 13.1. The number of hydrogen-bond donors (Lipinski definition) is 1. The van der Waals surface area contributed by atoms with E-state index in [1.54, 1.807) is 35.7 Å². The number of hydrogen-bond acceptors (Lipinski definition) is 7. The fourth-order valence-corrected chi connectivity index (χ4v) is 4.50. The predicted molar refractivity (Wildman–Crippen MR) is 101 cm³/mol. The van der Waals surface area contributed by atoms with Gasteiger partial charge >= 0.3 is 0 Å². The molecule has 0 aliphatic carbocycles. The highest BCUT2D eigenvalue weighted by molar-refractivity contribution is 7.91. The quantitative estimate of drug-likeness (QED) is 0.462. The van der Waals surface area contributed by atoms with E-state index in [1.807, 2.05) is 0 Å². The van der Waals surface area contributed by atoms with Crippen molar-refractivity contribution in [3.05, 3.63) is 59.7 Å². The molecule has 0 aliphatic heterocycles. The maximum Gasteiger partial charge on any atom is 0.250 e. The van der Waals surface area contributed by atoms with Crippen LogP contribution in [0.15, 0.2) is 58.1 Å². The number of aromatic nitrogens is 4. The van der Waals surface area contributed by atoms with Gasteiger partial charge in [-0.2, -0.15) is 4.52 Å². The Bertz CT molecular complexity index is 1190. The van der Waals surface area contributed by atoms with Gasteiger partial charge in [-0.05, 0) is 41.8 Å². The first-order valence-corrected chi connectivity index (χ1v) is 10.5. The van der Waals surface area contributed by atoms with E-state index < -0.39 is 10.0 Å². The van der Waals surface area contributed by atoms with Crippen molar-refractivity contribution < 1.29 is 17.5 Å². The molecule has 0 aliphatic rings. The third kappa shape index (κ3) is 3.86. The molecule has 144 valence electrons. The van der Waals surface area contributed by atoms with Gasteiger partial charge in [-0.3, -0.25) is 0 Å². The average Bonchev–Trinajstić information content (AvgIpc) is 3.36. The van der Waals surface area contributed by atoms with Gasteiger partial charge in [0.2, 0.25) is 15.9 Å². The Morgan fingerprint density at radius 1 is 1.11 bits per heavy atom. The third-order valence-electron chi connectivity index (χ3n) is 3.74. The zero-order chi connectivity index (χ0) is 19.6. The fraction of sp³-hybridized carbons (Fsp3) is 0.118. The second kappa shape index (κ2) is 7.62. The minimum Gasteiger partial charge on any atom is -0.475 e. The van der Waals surface area contributed by atoms with Crippen LogP contribution >= 0.6 is 11.3 Å². The summed E-state index contributed by atoms with van der Waals surface area (Å²) in [4.78, 5) is 0. The van der Waals surface area contributed by atoms with Crippen LogP contribution in [0.1, 0.15) is 0 Å². The van der Waals surface area contributed by atoms with Gasteiger partial charge in [0, 0.05) is 18.2 Å². The van der Waals surface area contributed by atoms with Crippen molar-refractivity contribution in [3.8, 4) is 17.3 Å². The lowest BCUT2D eigenvalue weighted by molar-refractivity contribution is 0.306. The van der Waals surface area contributed by atoms with Gasteiger partial charge in [-0.1, -0.05) is 6.07 Å². The van der Waals surface area contributed by atoms with Crippen molar-refractivity contribution in [1.29, 1.82) is 0 Å². The van der Waals surface area contributed by atoms with E-state index in [0.717, 1.165) is 11.3 Å². The SMILES string of the molecule is O=S(=O)(NCCOc1ccc2nnc(-c3ccc(F)cc3)n2n1)c1cccs1. The zero-order valence-corrected chi connectivity index (χ0v) is 16.0. The fourth-order valence-electron chi connectivity index (χ4n) is 2.45. The van der Waals surface area contributed by atoms with Crippen LogP contribution in [-0.2, 0) is 10.0 Å². The molecule has 0 atom stereocenters. The van der Waals surface area contributed by atoms with Crippen LogP contribution in [0.4, 0.5) is 4.39 Å². The van der Waals surface area contributed by atoms with Crippen LogP contribution in [0.3, 0.4) is 0 Å². The van der Waals surface area contributed by atoms with Gasteiger partial charge in [-0.15, -0.1) is 26.6 Å². The van der Waals surface area contributed by atoms with Crippen LogP contribution in [-0.4, -0.2) is 41.4 Å². The first-order valence-electron chi connectivity index (χ1n) is 8.17. The summed E-state index contributed by atoms with van der Waals surface area (Å²) in [6, 6.07) is 12.3. The Morgan fingerprint density at radius 2 is 1.93 bits per heavy atom. The summed E-state index contributed by atoms with van der Waals surface area (Å²) in [7, 11) is -3.53. The van der Waals surface area contributed by atoms with Gasteiger partial charge in [0.05, 0.1) is 0 Å². The van der Waals surface area contributed by atoms with Crippen molar-refractivity contribution in [2.45, 2.75) is 4.21 Å². The van der Waals surface area contributed by atoms with Crippen molar-refractivity contribution >= 4 is 27.0 Å². The molecule has 0 radical (unpaired) electrons. The van der Waals surface area contributed by atoms with Crippen LogP contribution in [0.25, 0.3) is 17.0 Å². The molecule has 4 aromatic rings. The van der Waals surface area contributed by atoms with E-state index in [2.05, 4.69) is 20.0 Å². The molecule has 4 rings (SSSR count). The number of sulfonamides is 1. The molecule has 1 N–H and O–H groups in total. The predicted octanol–water partition coefficient (Wildman–Crippen LogP) is 2.35. The second-order valence-corrected chi connectivity index (χ2v) is 8.59. The Kier molecular flexibility index (Phi) is 5.03. The molecule has 3 aromatic heterocycles. The normalized spacial score (nSPS) is 11.8. The first kappa shape index (κ1) is 18.5. The smallest absolute Gasteiger partial charge is 0.250 e. The van der Waals surface area contributed by atoms with Gasteiger partial charge in [-0.25, -0.2) is 17.5 Å². The molecule has 8 nitrogen and oxygen atoms in total. The van der Waals surface area contributed by atoms with Gasteiger partial charge in [0.1, 0.15) is 16.6 Å². The molecule has 11 heteroatoms. The van der Waals surface area contributed by atoms with Gasteiger partial charge in [0.15, 0.2) is 11.5 Å². The summed E-state index contributed by atoms with van der Waals surface area (Å²) in [6.45, 7) is 0.185. The average molecular weight is 419 g/mol. The molecule has 0 saturated carbocycles. The number of nitrogens with one attached hydrogen (secondary N) is 1. The molecule has 1 aromatic carbocycles. The summed E-state index contributed by atoms with van der Waals surface area (Å²) in [5.41, 5.74) is 1.16. The Labute approximate surface area is 163 Å². The molecule has 28 heavy (non-hydrogen) atoms. The minimum atomic E-state index is -3.53. The number of benzene rings is 1. The lowest BCUT2D eigenvalue weighted by atomic mass is 10.2. The van der Waals surface area contributed by atoms with Crippen LogP contribution in [0.5, 0.6) is 5.88 Å². The third-order valence-corrected chi connectivity index (χ3v) is 6.60. The summed E-state index contributed by atoms with van der Waals surface area (Å²) in [5, 5.41) is 14.1. The van der Waals surface area contributed by atoms with Crippen LogP contribution < -0.4 is 9.46 Å². The van der Waals surface area contributed by atoms with Crippen molar-refractivity contribution in [2.24, 2.45) is 0 Å². The first-order chi connectivity index (χ1) is 13.5. The minimum absolute atomic E-state index is 0.0902. The molecule has 0 fully saturated rings. The van der Waals surface area contributed by atoms with Gasteiger partial charge < -0.3 is 4.74 Å². The molecule has 0 amide bonds. The summed E-state index contributed by atoms with van der Waals surface area (Å²) in [5.74, 6) is 0.379. The standard InChI is InChI=1S/C17H14FN5O3S2/c18-13-5-3-12(4-6-13)17-21-20-14-7-8-15(22-23(14)17)26-10-9-19-28(24,25)16-2-1-11-27-16/h1-8,11,19H,9-10H2. The van der Waals surface area contributed by atoms with Crippen molar-refractivity contribution in [3.63, 3.8) is 0 Å². The van der Waals surface area contributed by atoms with E-state index in [4.69, 9.17) is 4.74 Å². The number of nitrogens with zero attached hydrogens (tertiary/aromatic N) is 4. The largest absolute Gasteiger partial charge is 0.475 e. The van der Waals surface area contributed by atoms with E-state index in [9.17, 15) is 12.8 Å². The molecule has 0 spiro atoms. The highest BCUT2D eigenvalue weighted by Crippen LogP contribution is 2.19. The molecule has 3 heterocycles. The topological polar surface area (TPSA) is 98.5 Å². The highest BCUT2D eigenvalue weighted by atomic mass is 32.2. The number of ether oxygens (including phenoxy) is 1. The number of rotatable bonds is 7. The zero-order valence-electron chi connectivity index (χ0n) is 14.3. The maximum absolute atomic E-state index is 13.1.